The second-order valence-corrected chi connectivity index (χ2v) is 6.90. The Hall–Kier alpha value is -2.58. The molecule has 0 aromatic carbocycles. The Balaban J connectivity index is 0.000000202. The van der Waals surface area contributed by atoms with Crippen LogP contribution in [-0.2, 0) is 28.8 Å². The number of nitrogens with one attached hydrogen (secondary N) is 1. The van der Waals surface area contributed by atoms with E-state index < -0.39 is 23.9 Å². The van der Waals surface area contributed by atoms with Gasteiger partial charge in [0.1, 0.15) is 23.4 Å². The lowest BCUT2D eigenvalue weighted by molar-refractivity contribution is -0.142. The summed E-state index contributed by atoms with van der Waals surface area (Å²) in [5, 5.41) is 19.0. The molecule has 3 fully saturated rings. The summed E-state index contributed by atoms with van der Waals surface area (Å²) >= 11 is 0. The van der Waals surface area contributed by atoms with Crippen molar-refractivity contribution in [2.45, 2.75) is 64.3 Å². The van der Waals surface area contributed by atoms with Crippen molar-refractivity contribution in [2.24, 2.45) is 11.8 Å². The lowest BCUT2D eigenvalue weighted by Gasteiger charge is -1.99. The van der Waals surface area contributed by atoms with E-state index in [9.17, 15) is 28.8 Å². The summed E-state index contributed by atoms with van der Waals surface area (Å²) in [6, 6.07) is -0.641. The van der Waals surface area contributed by atoms with E-state index >= 15 is 0 Å². The number of Topliss-reactive ketones (excluding diaryl/α,β-unsaturated/α-hetero) is 3. The van der Waals surface area contributed by atoms with Gasteiger partial charge in [-0.2, -0.15) is 0 Å². The van der Waals surface area contributed by atoms with Gasteiger partial charge in [-0.1, -0.05) is 0 Å². The molecular formula is C18H25NO8. The van der Waals surface area contributed by atoms with Crippen molar-refractivity contribution in [2.75, 3.05) is 0 Å². The van der Waals surface area contributed by atoms with Crippen LogP contribution in [0.15, 0.2) is 0 Å². The van der Waals surface area contributed by atoms with E-state index in [4.69, 9.17) is 10.2 Å². The molecule has 1 aliphatic heterocycles. The molecule has 0 radical (unpaired) electrons. The number of ketones is 3. The minimum Gasteiger partial charge on any atom is -0.481 e. The van der Waals surface area contributed by atoms with Gasteiger partial charge in [-0.05, 0) is 26.2 Å². The Kier molecular flexibility index (Phi) is 8.77. The molecule has 3 unspecified atom stereocenters. The number of carboxylic acid groups (broad SMARTS) is 2. The third-order valence-corrected chi connectivity index (χ3v) is 4.71. The van der Waals surface area contributed by atoms with E-state index in [1.165, 1.54) is 0 Å². The van der Waals surface area contributed by atoms with Gasteiger partial charge < -0.3 is 15.5 Å². The molecule has 1 amide bonds. The van der Waals surface area contributed by atoms with Crippen LogP contribution in [0.3, 0.4) is 0 Å². The maximum Gasteiger partial charge on any atom is 0.326 e. The van der Waals surface area contributed by atoms with Crippen LogP contribution in [0.4, 0.5) is 0 Å². The Labute approximate surface area is 156 Å². The summed E-state index contributed by atoms with van der Waals surface area (Å²) in [5.41, 5.74) is 0. The molecular weight excluding hydrogens is 358 g/mol. The van der Waals surface area contributed by atoms with Gasteiger partial charge in [0.15, 0.2) is 0 Å². The van der Waals surface area contributed by atoms with E-state index in [1.54, 1.807) is 6.92 Å². The topological polar surface area (TPSA) is 155 Å². The SMILES string of the molecule is CC(=O)C1CCC(=O)C1.O=C1CCC(C(=O)O)C1.O=C1CCC(C(=O)O)N1. The zero-order chi connectivity index (χ0) is 20.6. The van der Waals surface area contributed by atoms with Crippen molar-refractivity contribution < 1.29 is 39.0 Å². The predicted molar refractivity (Wildman–Crippen MR) is 91.8 cm³/mol. The van der Waals surface area contributed by atoms with Crippen LogP contribution in [0.1, 0.15) is 58.3 Å². The Morgan fingerprint density at radius 3 is 1.52 bits per heavy atom. The van der Waals surface area contributed by atoms with Gasteiger partial charge in [0.05, 0.1) is 5.92 Å². The Bertz CT molecular complexity index is 541. The Morgan fingerprint density at radius 1 is 0.815 bits per heavy atom. The second kappa shape index (κ2) is 10.5. The van der Waals surface area contributed by atoms with Crippen LogP contribution in [-0.4, -0.2) is 51.5 Å². The first-order valence-electron chi connectivity index (χ1n) is 8.89. The molecule has 9 nitrogen and oxygen atoms in total. The minimum absolute atomic E-state index is 0.0532. The Morgan fingerprint density at radius 2 is 1.33 bits per heavy atom. The lowest BCUT2D eigenvalue weighted by atomic mass is 10.0. The molecule has 3 aliphatic rings. The fourth-order valence-corrected chi connectivity index (χ4v) is 2.99. The average Bonchev–Trinajstić information content (AvgIpc) is 3.30. The fourth-order valence-electron chi connectivity index (χ4n) is 2.99. The van der Waals surface area contributed by atoms with Crippen LogP contribution in [0.5, 0.6) is 0 Å². The first-order valence-corrected chi connectivity index (χ1v) is 8.89. The van der Waals surface area contributed by atoms with E-state index in [0.29, 0.717) is 38.5 Å². The summed E-state index contributed by atoms with van der Waals surface area (Å²) in [5.74, 6) is -1.78. The third kappa shape index (κ3) is 8.10. The fraction of sp³-hybridized carbons (Fsp3) is 0.667. The van der Waals surface area contributed by atoms with Crippen molar-refractivity contribution >= 4 is 35.2 Å². The van der Waals surface area contributed by atoms with E-state index in [1.807, 2.05) is 0 Å². The maximum atomic E-state index is 10.6. The van der Waals surface area contributed by atoms with Crippen LogP contribution in [0.25, 0.3) is 0 Å². The second-order valence-electron chi connectivity index (χ2n) is 6.90. The van der Waals surface area contributed by atoms with Crippen molar-refractivity contribution in [3.63, 3.8) is 0 Å². The summed E-state index contributed by atoms with van der Waals surface area (Å²) in [6.45, 7) is 1.56. The quantitative estimate of drug-likeness (QED) is 0.644. The van der Waals surface area contributed by atoms with E-state index in [2.05, 4.69) is 5.32 Å². The summed E-state index contributed by atoms with van der Waals surface area (Å²) in [6.07, 6.45) is 3.90. The highest BCUT2D eigenvalue weighted by Crippen LogP contribution is 2.22. The van der Waals surface area contributed by atoms with E-state index in [0.717, 1.165) is 6.42 Å². The van der Waals surface area contributed by atoms with Gasteiger partial charge in [-0.15, -0.1) is 0 Å². The first-order chi connectivity index (χ1) is 12.6. The molecule has 0 aromatic rings. The van der Waals surface area contributed by atoms with Gasteiger partial charge in [-0.3, -0.25) is 24.0 Å². The molecule has 9 heteroatoms. The van der Waals surface area contributed by atoms with Gasteiger partial charge >= 0.3 is 11.9 Å². The van der Waals surface area contributed by atoms with Gasteiger partial charge in [-0.25, -0.2) is 4.79 Å². The molecule has 3 N–H and O–H groups in total. The number of hydrogen-bond acceptors (Lipinski definition) is 6. The highest BCUT2D eigenvalue weighted by Gasteiger charge is 2.27. The van der Waals surface area contributed by atoms with Gasteiger partial charge in [0, 0.05) is 38.0 Å². The predicted octanol–water partition coefficient (Wildman–Crippen LogP) is 0.734. The van der Waals surface area contributed by atoms with Crippen molar-refractivity contribution in [1.29, 1.82) is 0 Å². The summed E-state index contributed by atoms with van der Waals surface area (Å²) in [7, 11) is 0. The van der Waals surface area contributed by atoms with Gasteiger partial charge in [0.25, 0.3) is 0 Å². The largest absolute Gasteiger partial charge is 0.481 e. The highest BCUT2D eigenvalue weighted by molar-refractivity contribution is 5.90. The molecule has 2 aliphatic carbocycles. The smallest absolute Gasteiger partial charge is 0.326 e. The number of rotatable bonds is 3. The normalized spacial score (nSPS) is 26.4. The van der Waals surface area contributed by atoms with Crippen LogP contribution in [0.2, 0.25) is 0 Å². The minimum atomic E-state index is -0.944. The third-order valence-electron chi connectivity index (χ3n) is 4.71. The molecule has 1 saturated heterocycles. The molecule has 27 heavy (non-hydrogen) atoms. The monoisotopic (exact) mass is 383 g/mol. The number of hydrogen-bond donors (Lipinski definition) is 3. The number of amides is 1. The molecule has 0 spiro atoms. The molecule has 0 bridgehead atoms. The lowest BCUT2D eigenvalue weighted by Crippen LogP contribution is -2.32. The van der Waals surface area contributed by atoms with Gasteiger partial charge in [0.2, 0.25) is 5.91 Å². The van der Waals surface area contributed by atoms with E-state index in [-0.39, 0.29) is 35.6 Å². The maximum absolute atomic E-state index is 10.6. The highest BCUT2D eigenvalue weighted by atomic mass is 16.4. The van der Waals surface area contributed by atoms with Crippen molar-refractivity contribution in [1.82, 2.24) is 5.32 Å². The molecule has 3 rings (SSSR count). The number of aliphatic carboxylic acids is 2. The van der Waals surface area contributed by atoms with Crippen LogP contribution < -0.4 is 5.32 Å². The standard InChI is InChI=1S/C7H10O2.C6H8O3.C5H7NO3/c1-5(8)6-2-3-7(9)4-6;7-5-2-1-4(3-5)6(8)9;7-4-2-1-3(6-4)5(8)9/h6H,2-4H2,1H3;4H,1-3H2,(H,8,9);3H,1-2H2,(H,6,7)(H,8,9). The summed E-state index contributed by atoms with van der Waals surface area (Å²) < 4.78 is 0. The number of carboxylic acids is 2. The molecule has 150 valence electrons. The van der Waals surface area contributed by atoms with Crippen molar-refractivity contribution in [3.8, 4) is 0 Å². The molecule has 0 aromatic heterocycles. The van der Waals surface area contributed by atoms with Crippen LogP contribution in [0, 0.1) is 11.8 Å². The zero-order valence-electron chi connectivity index (χ0n) is 15.2. The molecule has 2 saturated carbocycles. The number of carbonyl (C=O) groups is 6. The first kappa shape index (κ1) is 22.5. The number of carbonyl (C=O) groups excluding carboxylic acids is 4. The molecule has 1 heterocycles. The summed E-state index contributed by atoms with van der Waals surface area (Å²) in [4.78, 5) is 62.5. The average molecular weight is 383 g/mol. The van der Waals surface area contributed by atoms with Crippen molar-refractivity contribution in [3.05, 3.63) is 0 Å². The molecule has 3 atom stereocenters. The van der Waals surface area contributed by atoms with Crippen LogP contribution >= 0.6 is 0 Å². The zero-order valence-corrected chi connectivity index (χ0v) is 15.2.